The van der Waals surface area contributed by atoms with Crippen LogP contribution in [0.4, 0.5) is 11.4 Å². The summed E-state index contributed by atoms with van der Waals surface area (Å²) in [5.74, 6) is -1.16. The van der Waals surface area contributed by atoms with Gasteiger partial charge >= 0.3 is 0 Å². The van der Waals surface area contributed by atoms with E-state index >= 15 is 0 Å². The number of carbonyl (C=O) groups excluding carboxylic acids is 3. The fourth-order valence-electron chi connectivity index (χ4n) is 2.61. The van der Waals surface area contributed by atoms with Gasteiger partial charge in [-0.1, -0.05) is 42.5 Å². The molecule has 3 aromatic carbocycles. The first-order valence-corrected chi connectivity index (χ1v) is 9.62. The van der Waals surface area contributed by atoms with Gasteiger partial charge in [-0.2, -0.15) is 0 Å². The van der Waals surface area contributed by atoms with Gasteiger partial charge in [0.1, 0.15) is 0 Å². The molecule has 3 amide bonds. The van der Waals surface area contributed by atoms with Gasteiger partial charge in [-0.3, -0.25) is 14.4 Å². The molecule has 3 N–H and O–H groups in total. The van der Waals surface area contributed by atoms with Gasteiger partial charge in [0.05, 0.1) is 23.4 Å². The maximum atomic E-state index is 12.6. The average molecular weight is 452 g/mol. The smallest absolute Gasteiger partial charge is 0.256 e. The van der Waals surface area contributed by atoms with Crippen LogP contribution in [0, 0.1) is 0 Å². The molecule has 146 valence electrons. The first kappa shape index (κ1) is 20.3. The van der Waals surface area contributed by atoms with Gasteiger partial charge in [0, 0.05) is 10.2 Å². The van der Waals surface area contributed by atoms with Crippen LogP contribution in [0.2, 0.25) is 0 Å². The Hall–Kier alpha value is -3.45. The summed E-state index contributed by atoms with van der Waals surface area (Å²) in [6.45, 7) is -0.194. The highest BCUT2D eigenvalue weighted by Crippen LogP contribution is 2.20. The quantitative estimate of drug-likeness (QED) is 0.527. The van der Waals surface area contributed by atoms with E-state index < -0.39 is 5.91 Å². The number of carbonyl (C=O) groups is 3. The number of para-hydroxylation sites is 2. The third kappa shape index (κ3) is 5.52. The second-order valence-electron chi connectivity index (χ2n) is 6.08. The number of benzene rings is 3. The molecule has 0 atom stereocenters. The van der Waals surface area contributed by atoms with Crippen LogP contribution in [0.3, 0.4) is 0 Å². The number of amides is 3. The Morgan fingerprint density at radius 2 is 1.31 bits per heavy atom. The lowest BCUT2D eigenvalue weighted by Gasteiger charge is -2.12. The molecule has 6 nitrogen and oxygen atoms in total. The minimum Gasteiger partial charge on any atom is -0.343 e. The number of nitrogens with one attached hydrogen (secondary N) is 3. The summed E-state index contributed by atoms with van der Waals surface area (Å²) in [5, 5.41) is 8.01. The molecular weight excluding hydrogens is 434 g/mol. The second-order valence-corrected chi connectivity index (χ2v) is 6.93. The number of halogens is 1. The Bertz CT molecular complexity index is 1040. The van der Waals surface area contributed by atoms with Crippen molar-refractivity contribution in [2.75, 3.05) is 17.2 Å². The summed E-state index contributed by atoms with van der Waals surface area (Å²) in [6, 6.07) is 22.6. The van der Waals surface area contributed by atoms with Gasteiger partial charge in [0.15, 0.2) is 0 Å². The fraction of sp³-hybridized carbons (Fsp3) is 0.0455. The Morgan fingerprint density at radius 1 is 0.690 bits per heavy atom. The van der Waals surface area contributed by atoms with E-state index in [1.54, 1.807) is 66.7 Å². The summed E-state index contributed by atoms with van der Waals surface area (Å²) in [5.41, 5.74) is 1.72. The average Bonchev–Trinajstić information content (AvgIpc) is 2.73. The van der Waals surface area contributed by atoms with Crippen molar-refractivity contribution in [2.45, 2.75) is 0 Å². The Kier molecular flexibility index (Phi) is 6.76. The van der Waals surface area contributed by atoms with Crippen molar-refractivity contribution in [3.8, 4) is 0 Å². The first-order valence-electron chi connectivity index (χ1n) is 8.82. The predicted molar refractivity (Wildman–Crippen MR) is 116 cm³/mol. The van der Waals surface area contributed by atoms with Crippen LogP contribution in [-0.2, 0) is 4.79 Å². The fourth-order valence-corrected chi connectivity index (χ4v) is 3.07. The van der Waals surface area contributed by atoms with Crippen molar-refractivity contribution in [2.24, 2.45) is 0 Å². The van der Waals surface area contributed by atoms with Gasteiger partial charge in [0.2, 0.25) is 5.91 Å². The Morgan fingerprint density at radius 3 is 2.03 bits per heavy atom. The molecule has 0 aromatic heterocycles. The summed E-state index contributed by atoms with van der Waals surface area (Å²) in [4.78, 5) is 37.1. The molecule has 0 bridgehead atoms. The largest absolute Gasteiger partial charge is 0.343 e. The van der Waals surface area contributed by atoms with Crippen molar-refractivity contribution in [3.05, 3.63) is 94.5 Å². The van der Waals surface area contributed by atoms with Crippen LogP contribution in [-0.4, -0.2) is 24.3 Å². The van der Waals surface area contributed by atoms with Crippen molar-refractivity contribution in [3.63, 3.8) is 0 Å². The molecule has 0 spiro atoms. The molecule has 0 unspecified atom stereocenters. The van der Waals surface area contributed by atoms with Crippen LogP contribution >= 0.6 is 15.9 Å². The molecule has 0 aliphatic rings. The maximum absolute atomic E-state index is 12.6. The van der Waals surface area contributed by atoms with Crippen molar-refractivity contribution in [1.29, 1.82) is 0 Å². The van der Waals surface area contributed by atoms with E-state index in [9.17, 15) is 14.4 Å². The summed E-state index contributed by atoms with van der Waals surface area (Å²) in [6.07, 6.45) is 0. The lowest BCUT2D eigenvalue weighted by Crippen LogP contribution is -2.33. The van der Waals surface area contributed by atoms with E-state index in [4.69, 9.17) is 0 Å². The lowest BCUT2D eigenvalue weighted by atomic mass is 10.1. The molecule has 0 aliphatic carbocycles. The van der Waals surface area contributed by atoms with Crippen LogP contribution in [0.25, 0.3) is 0 Å². The van der Waals surface area contributed by atoms with Gasteiger partial charge < -0.3 is 16.0 Å². The normalized spacial score (nSPS) is 10.1. The minimum absolute atomic E-state index is 0.194. The van der Waals surface area contributed by atoms with E-state index in [0.717, 1.165) is 0 Å². The SMILES string of the molecule is O=C(CNC(=O)c1ccccc1NC(=O)c1ccccc1Br)Nc1ccccc1. The molecule has 0 fully saturated rings. The highest BCUT2D eigenvalue weighted by atomic mass is 79.9. The van der Waals surface area contributed by atoms with Crippen LogP contribution in [0.1, 0.15) is 20.7 Å². The maximum Gasteiger partial charge on any atom is 0.256 e. The zero-order chi connectivity index (χ0) is 20.6. The van der Waals surface area contributed by atoms with E-state index in [1.165, 1.54) is 0 Å². The van der Waals surface area contributed by atoms with E-state index in [0.29, 0.717) is 21.4 Å². The molecule has 29 heavy (non-hydrogen) atoms. The topological polar surface area (TPSA) is 87.3 Å². The van der Waals surface area contributed by atoms with E-state index in [2.05, 4.69) is 31.9 Å². The van der Waals surface area contributed by atoms with Gasteiger partial charge in [-0.15, -0.1) is 0 Å². The molecule has 0 saturated carbocycles. The number of rotatable bonds is 6. The monoisotopic (exact) mass is 451 g/mol. The van der Waals surface area contributed by atoms with Crippen LogP contribution in [0.15, 0.2) is 83.3 Å². The standard InChI is InChI=1S/C22H18BrN3O3/c23-18-12-6-4-10-16(18)22(29)26-19-13-7-5-11-17(19)21(28)24-14-20(27)25-15-8-2-1-3-9-15/h1-13H,14H2,(H,24,28)(H,25,27)(H,26,29). The van der Waals surface area contributed by atoms with Crippen molar-refractivity contribution in [1.82, 2.24) is 5.32 Å². The second kappa shape index (κ2) is 9.66. The third-order valence-electron chi connectivity index (χ3n) is 4.01. The van der Waals surface area contributed by atoms with Gasteiger partial charge in [-0.05, 0) is 52.3 Å². The molecule has 7 heteroatoms. The zero-order valence-corrected chi connectivity index (χ0v) is 16.9. The van der Waals surface area contributed by atoms with Gasteiger partial charge in [0.25, 0.3) is 11.8 Å². The van der Waals surface area contributed by atoms with Crippen LogP contribution < -0.4 is 16.0 Å². The molecule has 0 radical (unpaired) electrons. The Labute approximate surface area is 176 Å². The highest BCUT2D eigenvalue weighted by Gasteiger charge is 2.16. The predicted octanol–water partition coefficient (Wildman–Crippen LogP) is 4.07. The van der Waals surface area contributed by atoms with Crippen molar-refractivity contribution < 1.29 is 14.4 Å². The molecule has 3 aromatic rings. The van der Waals surface area contributed by atoms with E-state index in [-0.39, 0.29) is 23.9 Å². The highest BCUT2D eigenvalue weighted by molar-refractivity contribution is 9.10. The Balaban J connectivity index is 1.65. The summed E-state index contributed by atoms with van der Waals surface area (Å²) in [7, 11) is 0. The number of hydrogen-bond donors (Lipinski definition) is 3. The van der Waals surface area contributed by atoms with Crippen molar-refractivity contribution >= 4 is 45.0 Å². The van der Waals surface area contributed by atoms with Crippen LogP contribution in [0.5, 0.6) is 0 Å². The summed E-state index contributed by atoms with van der Waals surface area (Å²) >= 11 is 3.34. The summed E-state index contributed by atoms with van der Waals surface area (Å²) < 4.78 is 0.650. The first-order chi connectivity index (χ1) is 14.0. The molecular formula is C22H18BrN3O3. The number of anilines is 2. The minimum atomic E-state index is -0.462. The molecule has 3 rings (SSSR count). The zero-order valence-electron chi connectivity index (χ0n) is 15.3. The lowest BCUT2D eigenvalue weighted by molar-refractivity contribution is -0.115. The number of hydrogen-bond acceptors (Lipinski definition) is 3. The molecule has 0 saturated heterocycles. The third-order valence-corrected chi connectivity index (χ3v) is 4.70. The van der Waals surface area contributed by atoms with Gasteiger partial charge in [-0.25, -0.2) is 0 Å². The molecule has 0 heterocycles. The molecule has 0 aliphatic heterocycles. The van der Waals surface area contributed by atoms with E-state index in [1.807, 2.05) is 12.1 Å².